The zero-order chi connectivity index (χ0) is 12.1. The lowest BCUT2D eigenvalue weighted by atomic mass is 10.0. The van der Waals surface area contributed by atoms with Gasteiger partial charge in [-0.15, -0.1) is 6.58 Å². The normalized spacial score (nSPS) is 12.9. The Balaban J connectivity index is 4.34. The predicted molar refractivity (Wildman–Crippen MR) is 58.0 cm³/mol. The molecule has 0 saturated heterocycles. The quantitative estimate of drug-likeness (QED) is 0.531. The summed E-state index contributed by atoms with van der Waals surface area (Å²) in [5.74, 6) is -0.996. The number of hydrogen-bond donors (Lipinski definition) is 1. The van der Waals surface area contributed by atoms with Crippen LogP contribution in [0.1, 0.15) is 13.3 Å². The summed E-state index contributed by atoms with van der Waals surface area (Å²) in [5, 5.41) is 17.6. The van der Waals surface area contributed by atoms with Crippen molar-refractivity contribution >= 4 is 5.97 Å². The lowest BCUT2D eigenvalue weighted by molar-refractivity contribution is -0.885. The molecule has 0 aliphatic carbocycles. The maximum atomic E-state index is 10.6. The Morgan fingerprint density at radius 1 is 1.60 bits per heavy atom. The smallest absolute Gasteiger partial charge is 0.359 e. The Kier molecular flexibility index (Phi) is 5.03. The summed E-state index contributed by atoms with van der Waals surface area (Å²) in [4.78, 5) is 10.6. The molecule has 15 heavy (non-hydrogen) atoms. The molecule has 0 spiro atoms. The average molecular weight is 211 g/mol. The number of likely N-dealkylation sites (N-methyl/N-ethyl adjacent to an activating group) is 1. The highest BCUT2D eigenvalue weighted by molar-refractivity contribution is 5.67. The molecule has 0 rings (SSSR count). The molecule has 0 fully saturated rings. The second-order valence-corrected chi connectivity index (χ2v) is 4.66. The Morgan fingerprint density at radius 2 is 2.13 bits per heavy atom. The number of carboxylic acids is 1. The molecule has 0 aliphatic heterocycles. The van der Waals surface area contributed by atoms with E-state index in [2.05, 4.69) is 12.6 Å². The molecule has 0 aromatic carbocycles. The number of nitriles is 1. The third kappa shape index (κ3) is 6.69. The first-order valence-corrected chi connectivity index (χ1v) is 4.84. The second-order valence-electron chi connectivity index (χ2n) is 4.66. The van der Waals surface area contributed by atoms with Crippen LogP contribution in [0.25, 0.3) is 0 Å². The topological polar surface area (TPSA) is 61.1 Å². The molecule has 0 saturated carbocycles. The summed E-state index contributed by atoms with van der Waals surface area (Å²) in [5.41, 5.74) is 0.955. The maximum absolute atomic E-state index is 10.6. The average Bonchev–Trinajstić information content (AvgIpc) is 1.98. The van der Waals surface area contributed by atoms with Crippen molar-refractivity contribution in [2.75, 3.05) is 27.2 Å². The molecule has 0 radical (unpaired) electrons. The highest BCUT2D eigenvalue weighted by Crippen LogP contribution is 2.13. The fraction of sp³-hybridized carbons (Fsp3) is 0.636. The van der Waals surface area contributed by atoms with Gasteiger partial charge in [0.25, 0.3) is 0 Å². The lowest BCUT2D eigenvalue weighted by Gasteiger charge is -2.29. The predicted octanol–water partition coefficient (Wildman–Crippen LogP) is 1.25. The van der Waals surface area contributed by atoms with Crippen LogP contribution in [0.4, 0.5) is 0 Å². The van der Waals surface area contributed by atoms with Crippen LogP contribution in [0.2, 0.25) is 0 Å². The van der Waals surface area contributed by atoms with Gasteiger partial charge in [-0.25, -0.2) is 4.79 Å². The van der Waals surface area contributed by atoms with Crippen molar-refractivity contribution in [1.82, 2.24) is 0 Å². The molecule has 1 atom stereocenters. The minimum atomic E-state index is -0.841. The first-order valence-electron chi connectivity index (χ1n) is 4.84. The van der Waals surface area contributed by atoms with E-state index in [9.17, 15) is 4.79 Å². The van der Waals surface area contributed by atoms with E-state index in [1.54, 1.807) is 0 Å². The van der Waals surface area contributed by atoms with Crippen LogP contribution in [0.3, 0.4) is 0 Å². The van der Waals surface area contributed by atoms with Crippen molar-refractivity contribution in [3.05, 3.63) is 12.2 Å². The Labute approximate surface area is 91.0 Å². The third-order valence-corrected chi connectivity index (χ3v) is 2.06. The summed E-state index contributed by atoms with van der Waals surface area (Å²) in [7, 11) is 3.63. The molecule has 4 heteroatoms. The van der Waals surface area contributed by atoms with Crippen molar-refractivity contribution in [2.45, 2.75) is 13.3 Å². The van der Waals surface area contributed by atoms with Gasteiger partial charge in [-0.1, -0.05) is 5.57 Å². The zero-order valence-corrected chi connectivity index (χ0v) is 9.66. The fourth-order valence-electron chi connectivity index (χ4n) is 1.60. The molecule has 0 aliphatic rings. The number of carbonyl (C=O) groups is 1. The van der Waals surface area contributed by atoms with Crippen molar-refractivity contribution in [1.29, 1.82) is 5.26 Å². The van der Waals surface area contributed by atoms with E-state index in [1.807, 2.05) is 21.0 Å². The number of nitrogens with zero attached hydrogens (tertiary/aromatic N) is 2. The second kappa shape index (κ2) is 5.52. The summed E-state index contributed by atoms with van der Waals surface area (Å²) in [6, 6.07) is 2.19. The Morgan fingerprint density at radius 3 is 2.47 bits per heavy atom. The number of aliphatic carboxylic acids is 1. The van der Waals surface area contributed by atoms with E-state index >= 15 is 0 Å². The van der Waals surface area contributed by atoms with E-state index in [-0.39, 0.29) is 12.5 Å². The third-order valence-electron chi connectivity index (χ3n) is 2.06. The zero-order valence-electron chi connectivity index (χ0n) is 9.66. The number of carboxylic acid groups (broad SMARTS) is 1. The largest absolute Gasteiger partial charge is 0.477 e. The number of quaternary nitrogens is 1. The first-order chi connectivity index (χ1) is 6.76. The Hall–Kier alpha value is -1.34. The molecule has 1 N–H and O–H groups in total. The minimum absolute atomic E-state index is 0.0361. The summed E-state index contributed by atoms with van der Waals surface area (Å²) >= 11 is 0. The molecule has 1 unspecified atom stereocenters. The summed E-state index contributed by atoms with van der Waals surface area (Å²) in [6.45, 7) is 6.21. The summed E-state index contributed by atoms with van der Waals surface area (Å²) < 4.78 is 0.320. The molecule has 84 valence electrons. The molecule has 0 amide bonds. The van der Waals surface area contributed by atoms with Gasteiger partial charge in [0.15, 0.2) is 6.54 Å². The van der Waals surface area contributed by atoms with E-state index in [0.717, 1.165) is 5.57 Å². The van der Waals surface area contributed by atoms with Crippen molar-refractivity contribution in [2.24, 2.45) is 5.92 Å². The number of allylic oxidation sites excluding steroid dienone is 1. The van der Waals surface area contributed by atoms with Gasteiger partial charge in [-0.05, 0) is 13.3 Å². The SMILES string of the molecule is C=C(C)CC(C#N)C[N+](C)(C)CC(=O)O. The molecule has 0 aromatic heterocycles. The van der Waals surface area contributed by atoms with Crippen LogP contribution in [0.5, 0.6) is 0 Å². The molecule has 0 bridgehead atoms. The van der Waals surface area contributed by atoms with Gasteiger partial charge in [0.2, 0.25) is 0 Å². The molecular formula is C11H19N2O2+. The van der Waals surface area contributed by atoms with E-state index in [4.69, 9.17) is 10.4 Å². The van der Waals surface area contributed by atoms with Crippen LogP contribution in [0, 0.1) is 17.2 Å². The standard InChI is InChI=1S/C11H18N2O2/c1-9(2)5-10(6-12)7-13(3,4)8-11(14)15/h10H,1,5,7-8H2,2-4H3/p+1. The fourth-order valence-corrected chi connectivity index (χ4v) is 1.60. The lowest BCUT2D eigenvalue weighted by Crippen LogP contribution is -2.46. The summed E-state index contributed by atoms with van der Waals surface area (Å²) in [6.07, 6.45) is 0.637. The number of rotatable bonds is 6. The highest BCUT2D eigenvalue weighted by atomic mass is 16.4. The molecule has 0 heterocycles. The van der Waals surface area contributed by atoms with Crippen LogP contribution in [-0.2, 0) is 4.79 Å². The van der Waals surface area contributed by atoms with E-state index in [1.165, 1.54) is 0 Å². The molecule has 4 nitrogen and oxygen atoms in total. The van der Waals surface area contributed by atoms with Crippen molar-refractivity contribution in [3.63, 3.8) is 0 Å². The van der Waals surface area contributed by atoms with Crippen LogP contribution >= 0.6 is 0 Å². The monoisotopic (exact) mass is 211 g/mol. The van der Waals surface area contributed by atoms with Crippen LogP contribution < -0.4 is 0 Å². The van der Waals surface area contributed by atoms with Gasteiger partial charge < -0.3 is 9.59 Å². The van der Waals surface area contributed by atoms with Gasteiger partial charge >= 0.3 is 5.97 Å². The Bertz CT molecular complexity index is 289. The van der Waals surface area contributed by atoms with Crippen molar-refractivity contribution < 1.29 is 14.4 Å². The molecule has 0 aromatic rings. The van der Waals surface area contributed by atoms with Gasteiger partial charge in [0.05, 0.1) is 32.6 Å². The van der Waals surface area contributed by atoms with E-state index in [0.29, 0.717) is 17.4 Å². The van der Waals surface area contributed by atoms with E-state index < -0.39 is 5.97 Å². The van der Waals surface area contributed by atoms with Gasteiger partial charge in [-0.3, -0.25) is 0 Å². The van der Waals surface area contributed by atoms with Crippen LogP contribution in [-0.4, -0.2) is 42.7 Å². The van der Waals surface area contributed by atoms with Crippen LogP contribution in [0.15, 0.2) is 12.2 Å². The maximum Gasteiger partial charge on any atom is 0.359 e. The van der Waals surface area contributed by atoms with Gasteiger partial charge in [0.1, 0.15) is 0 Å². The highest BCUT2D eigenvalue weighted by Gasteiger charge is 2.24. The first kappa shape index (κ1) is 13.7. The minimum Gasteiger partial charge on any atom is -0.477 e. The van der Waals surface area contributed by atoms with Crippen molar-refractivity contribution in [3.8, 4) is 6.07 Å². The van der Waals surface area contributed by atoms with Gasteiger partial charge in [-0.2, -0.15) is 5.26 Å². The number of hydrogen-bond acceptors (Lipinski definition) is 2. The van der Waals surface area contributed by atoms with Gasteiger partial charge in [0, 0.05) is 0 Å². The molecular weight excluding hydrogens is 192 g/mol.